The van der Waals surface area contributed by atoms with E-state index in [0.717, 1.165) is 35.9 Å². The summed E-state index contributed by atoms with van der Waals surface area (Å²) in [5.41, 5.74) is 2.19. The molecule has 1 aliphatic rings. The molecule has 0 aromatic heterocycles. The number of carbonyl (C=O) groups is 1. The molecule has 0 unspecified atom stereocenters. The Morgan fingerprint density at radius 3 is 2.62 bits per heavy atom. The van der Waals surface area contributed by atoms with Crippen LogP contribution in [0.15, 0.2) is 18.2 Å². The van der Waals surface area contributed by atoms with Crippen molar-refractivity contribution in [2.24, 2.45) is 0 Å². The Bertz CT molecular complexity index is 488. The van der Waals surface area contributed by atoms with E-state index in [4.69, 9.17) is 16.3 Å². The van der Waals surface area contributed by atoms with Crippen molar-refractivity contribution < 1.29 is 9.53 Å². The molecule has 1 aliphatic heterocycles. The van der Waals surface area contributed by atoms with Gasteiger partial charge in [-0.15, -0.1) is 0 Å². The smallest absolute Gasteiger partial charge is 0.409 e. The lowest BCUT2D eigenvalue weighted by atomic mass is 10.1. The number of nitrogens with one attached hydrogen (secondary N) is 1. The number of nitrogens with zero attached hydrogens (tertiary/aromatic N) is 2. The monoisotopic (exact) mass is 311 g/mol. The molecule has 116 valence electrons. The molecule has 0 aliphatic carbocycles. The number of ether oxygens (including phenoxy) is 1. The summed E-state index contributed by atoms with van der Waals surface area (Å²) in [5.74, 6) is 0. The Morgan fingerprint density at radius 1 is 1.33 bits per heavy atom. The zero-order chi connectivity index (χ0) is 15.2. The summed E-state index contributed by atoms with van der Waals surface area (Å²) in [6.07, 6.45) is -0.223. The Kier molecular flexibility index (Phi) is 5.70. The maximum atomic E-state index is 11.7. The Labute approximate surface area is 130 Å². The maximum absolute atomic E-state index is 11.7. The summed E-state index contributed by atoms with van der Waals surface area (Å²) < 4.78 is 5.02. The van der Waals surface area contributed by atoms with Crippen molar-refractivity contribution in [3.05, 3.63) is 28.8 Å². The van der Waals surface area contributed by atoms with Crippen molar-refractivity contribution in [1.29, 1.82) is 0 Å². The lowest BCUT2D eigenvalue weighted by molar-refractivity contribution is 0.105. The van der Waals surface area contributed by atoms with Crippen molar-refractivity contribution >= 4 is 23.4 Å². The normalized spacial score (nSPS) is 15.2. The molecule has 1 saturated heterocycles. The first-order chi connectivity index (χ1) is 10.2. The molecule has 0 bridgehead atoms. The number of hydrogen-bond donors (Lipinski definition) is 1. The van der Waals surface area contributed by atoms with Crippen LogP contribution in [0.1, 0.15) is 12.5 Å². The van der Waals surface area contributed by atoms with E-state index in [0.29, 0.717) is 19.7 Å². The van der Waals surface area contributed by atoms with E-state index in [-0.39, 0.29) is 6.09 Å². The van der Waals surface area contributed by atoms with E-state index in [2.05, 4.69) is 16.3 Å². The molecule has 1 heterocycles. The van der Waals surface area contributed by atoms with E-state index in [1.807, 2.05) is 26.1 Å². The molecule has 0 atom stereocenters. The number of hydrogen-bond acceptors (Lipinski definition) is 4. The summed E-state index contributed by atoms with van der Waals surface area (Å²) >= 11 is 6.30. The van der Waals surface area contributed by atoms with Crippen LogP contribution in [0.4, 0.5) is 10.5 Å². The molecule has 1 N–H and O–H groups in total. The van der Waals surface area contributed by atoms with E-state index < -0.39 is 0 Å². The van der Waals surface area contributed by atoms with E-state index in [1.54, 1.807) is 4.90 Å². The van der Waals surface area contributed by atoms with Crippen molar-refractivity contribution in [3.8, 4) is 0 Å². The van der Waals surface area contributed by atoms with Crippen LogP contribution >= 0.6 is 11.6 Å². The van der Waals surface area contributed by atoms with Crippen LogP contribution in [0.3, 0.4) is 0 Å². The fraction of sp³-hybridized carbons (Fsp3) is 0.533. The van der Waals surface area contributed by atoms with Gasteiger partial charge in [-0.1, -0.05) is 17.7 Å². The van der Waals surface area contributed by atoms with Crippen molar-refractivity contribution in [1.82, 2.24) is 10.2 Å². The number of benzene rings is 1. The van der Waals surface area contributed by atoms with Crippen LogP contribution in [0.25, 0.3) is 0 Å². The van der Waals surface area contributed by atoms with Crippen LogP contribution in [0, 0.1) is 0 Å². The standard InChI is InChI=1S/C15H22ClN3O2/c1-3-21-15(20)19-8-6-18(7-9-19)13-5-4-12(11-17-2)14(16)10-13/h4-5,10,17H,3,6-9,11H2,1-2H3. The summed E-state index contributed by atoms with van der Waals surface area (Å²) in [6, 6.07) is 6.12. The van der Waals surface area contributed by atoms with E-state index in [1.165, 1.54) is 0 Å². The highest BCUT2D eigenvalue weighted by Crippen LogP contribution is 2.24. The summed E-state index contributed by atoms with van der Waals surface area (Å²) in [7, 11) is 1.90. The van der Waals surface area contributed by atoms with E-state index >= 15 is 0 Å². The summed E-state index contributed by atoms with van der Waals surface area (Å²) in [4.78, 5) is 15.7. The van der Waals surface area contributed by atoms with Crippen LogP contribution in [0.5, 0.6) is 0 Å². The molecule has 5 nitrogen and oxygen atoms in total. The van der Waals surface area contributed by atoms with Crippen LogP contribution in [0.2, 0.25) is 5.02 Å². The Morgan fingerprint density at radius 2 is 2.05 bits per heavy atom. The van der Waals surface area contributed by atoms with Gasteiger partial charge < -0.3 is 19.9 Å². The second-order valence-corrected chi connectivity index (χ2v) is 5.39. The third-order valence-corrected chi connectivity index (χ3v) is 3.93. The Hall–Kier alpha value is -1.46. The minimum absolute atomic E-state index is 0.223. The van der Waals surface area contributed by atoms with Gasteiger partial charge in [0.2, 0.25) is 0 Å². The highest BCUT2D eigenvalue weighted by molar-refractivity contribution is 6.31. The van der Waals surface area contributed by atoms with Crippen LogP contribution in [-0.2, 0) is 11.3 Å². The van der Waals surface area contributed by atoms with Crippen molar-refractivity contribution in [2.45, 2.75) is 13.5 Å². The van der Waals surface area contributed by atoms with Gasteiger partial charge in [-0.05, 0) is 31.7 Å². The highest BCUT2D eigenvalue weighted by atomic mass is 35.5. The van der Waals surface area contributed by atoms with Crippen LogP contribution < -0.4 is 10.2 Å². The zero-order valence-corrected chi connectivity index (χ0v) is 13.3. The number of rotatable bonds is 4. The first-order valence-electron chi connectivity index (χ1n) is 7.25. The Balaban J connectivity index is 1.96. The molecule has 0 radical (unpaired) electrons. The quantitative estimate of drug-likeness (QED) is 0.927. The third kappa shape index (κ3) is 4.02. The molecule has 6 heteroatoms. The van der Waals surface area contributed by atoms with Crippen molar-refractivity contribution in [2.75, 3.05) is 44.7 Å². The minimum atomic E-state index is -0.223. The van der Waals surface area contributed by atoms with Gasteiger partial charge in [0.05, 0.1) is 6.61 Å². The molecular formula is C15H22ClN3O2. The first-order valence-corrected chi connectivity index (χ1v) is 7.63. The molecule has 1 aromatic rings. The predicted octanol–water partition coefficient (Wildman–Crippen LogP) is 2.34. The minimum Gasteiger partial charge on any atom is -0.450 e. The fourth-order valence-electron chi connectivity index (χ4n) is 2.43. The second kappa shape index (κ2) is 7.52. The predicted molar refractivity (Wildman–Crippen MR) is 85.0 cm³/mol. The number of halogens is 1. The van der Waals surface area contributed by atoms with Crippen molar-refractivity contribution in [3.63, 3.8) is 0 Å². The molecule has 2 rings (SSSR count). The fourth-order valence-corrected chi connectivity index (χ4v) is 2.67. The molecular weight excluding hydrogens is 290 g/mol. The molecule has 0 saturated carbocycles. The average Bonchev–Trinajstić information content (AvgIpc) is 2.50. The number of piperazine rings is 1. The van der Waals surface area contributed by atoms with Gasteiger partial charge in [0, 0.05) is 43.4 Å². The van der Waals surface area contributed by atoms with E-state index in [9.17, 15) is 4.79 Å². The average molecular weight is 312 g/mol. The van der Waals surface area contributed by atoms with Gasteiger partial charge in [0.1, 0.15) is 0 Å². The molecule has 21 heavy (non-hydrogen) atoms. The largest absolute Gasteiger partial charge is 0.450 e. The third-order valence-electron chi connectivity index (χ3n) is 3.57. The number of amides is 1. The highest BCUT2D eigenvalue weighted by Gasteiger charge is 2.22. The topological polar surface area (TPSA) is 44.8 Å². The van der Waals surface area contributed by atoms with Gasteiger partial charge in [0.25, 0.3) is 0 Å². The van der Waals surface area contributed by atoms with Crippen LogP contribution in [-0.4, -0.2) is 50.8 Å². The zero-order valence-electron chi connectivity index (χ0n) is 12.6. The van der Waals surface area contributed by atoms with Gasteiger partial charge in [-0.25, -0.2) is 4.79 Å². The first kappa shape index (κ1) is 15.9. The van der Waals surface area contributed by atoms with Gasteiger partial charge in [-0.3, -0.25) is 0 Å². The molecule has 1 aromatic carbocycles. The lowest BCUT2D eigenvalue weighted by Gasteiger charge is -2.35. The second-order valence-electron chi connectivity index (χ2n) is 4.98. The van der Waals surface area contributed by atoms with Gasteiger partial charge >= 0.3 is 6.09 Å². The lowest BCUT2D eigenvalue weighted by Crippen LogP contribution is -2.49. The molecule has 0 spiro atoms. The number of carbonyl (C=O) groups excluding carboxylic acids is 1. The summed E-state index contributed by atoms with van der Waals surface area (Å²) in [6.45, 7) is 5.94. The summed E-state index contributed by atoms with van der Waals surface area (Å²) in [5, 5.41) is 3.87. The number of anilines is 1. The van der Waals surface area contributed by atoms with Gasteiger partial charge in [0.15, 0.2) is 0 Å². The molecule has 1 amide bonds. The maximum Gasteiger partial charge on any atom is 0.409 e. The SMILES string of the molecule is CCOC(=O)N1CCN(c2ccc(CNC)c(Cl)c2)CC1. The van der Waals surface area contributed by atoms with Gasteiger partial charge in [-0.2, -0.15) is 0 Å². The molecule has 1 fully saturated rings.